The van der Waals surface area contributed by atoms with E-state index in [1.165, 1.54) is 12.1 Å². The number of aromatic nitrogens is 3. The second kappa shape index (κ2) is 8.65. The van der Waals surface area contributed by atoms with E-state index in [9.17, 15) is 13.2 Å². The van der Waals surface area contributed by atoms with Gasteiger partial charge in [0.15, 0.2) is 0 Å². The third kappa shape index (κ3) is 5.35. The van der Waals surface area contributed by atoms with Gasteiger partial charge >= 0.3 is 6.18 Å². The minimum absolute atomic E-state index is 0.128. The summed E-state index contributed by atoms with van der Waals surface area (Å²) >= 11 is 5.70. The van der Waals surface area contributed by atoms with Crippen LogP contribution in [0.25, 0.3) is 11.3 Å². The van der Waals surface area contributed by atoms with Crippen molar-refractivity contribution in [2.24, 2.45) is 0 Å². The van der Waals surface area contributed by atoms with Crippen molar-refractivity contribution in [2.75, 3.05) is 10.6 Å². The molecule has 0 bridgehead atoms. The normalized spacial score (nSPS) is 12.5. The molecule has 0 aliphatic carbocycles. The van der Waals surface area contributed by atoms with Gasteiger partial charge in [-0.1, -0.05) is 18.5 Å². The van der Waals surface area contributed by atoms with E-state index in [0.29, 0.717) is 17.5 Å². The van der Waals surface area contributed by atoms with E-state index in [1.54, 1.807) is 30.6 Å². The first-order valence-electron chi connectivity index (χ1n) is 8.96. The first-order chi connectivity index (χ1) is 13.8. The molecule has 3 aromatic rings. The minimum Gasteiger partial charge on any atom is -0.352 e. The monoisotopic (exact) mass is 421 g/mol. The second-order valence-electron chi connectivity index (χ2n) is 6.47. The molecule has 0 saturated carbocycles. The number of pyridine rings is 1. The van der Waals surface area contributed by atoms with E-state index in [4.69, 9.17) is 11.6 Å². The lowest BCUT2D eigenvalue weighted by Gasteiger charge is -2.15. The first kappa shape index (κ1) is 20.9. The van der Waals surface area contributed by atoms with Gasteiger partial charge in [0, 0.05) is 35.8 Å². The molecule has 0 radical (unpaired) electrons. The number of benzene rings is 1. The number of alkyl halides is 3. The summed E-state index contributed by atoms with van der Waals surface area (Å²) in [5, 5.41) is 5.75. The van der Waals surface area contributed by atoms with Gasteiger partial charge in [-0.2, -0.15) is 18.2 Å². The highest BCUT2D eigenvalue weighted by Crippen LogP contribution is 2.36. The van der Waals surface area contributed by atoms with Gasteiger partial charge in [-0.15, -0.1) is 0 Å². The first-order valence-corrected chi connectivity index (χ1v) is 9.34. The van der Waals surface area contributed by atoms with Crippen molar-refractivity contribution in [1.82, 2.24) is 15.0 Å². The quantitative estimate of drug-likeness (QED) is 0.498. The van der Waals surface area contributed by atoms with Crippen LogP contribution in [0.3, 0.4) is 0 Å². The molecule has 9 heteroatoms. The number of nitrogens with zero attached hydrogens (tertiary/aromatic N) is 3. The van der Waals surface area contributed by atoms with Crippen LogP contribution in [0.1, 0.15) is 25.8 Å². The highest BCUT2D eigenvalue weighted by molar-refractivity contribution is 6.31. The number of halogens is 4. The standard InChI is InChI=1S/C20H19ClF3N5/c1-3-12(2)26-19-28-17(13-6-8-25-9-7-13)11-18(29-19)27-14-4-5-16(21)15(10-14)20(22,23)24/h4-12H,3H2,1-2H3,(H2,26,27,28,29)/t12-/m1/s1. The van der Waals surface area contributed by atoms with Crippen molar-refractivity contribution in [3.05, 3.63) is 59.4 Å². The molecule has 5 nitrogen and oxygen atoms in total. The average Bonchev–Trinajstić information content (AvgIpc) is 2.69. The smallest absolute Gasteiger partial charge is 0.352 e. The van der Waals surface area contributed by atoms with Crippen LogP contribution in [-0.2, 0) is 6.18 Å². The van der Waals surface area contributed by atoms with Crippen molar-refractivity contribution >= 4 is 29.1 Å². The molecule has 2 N–H and O–H groups in total. The molecule has 1 atom stereocenters. The van der Waals surface area contributed by atoms with Gasteiger partial charge in [0.05, 0.1) is 16.3 Å². The highest BCUT2D eigenvalue weighted by atomic mass is 35.5. The third-order valence-electron chi connectivity index (χ3n) is 4.23. The maximum Gasteiger partial charge on any atom is 0.417 e. The summed E-state index contributed by atoms with van der Waals surface area (Å²) in [5.41, 5.74) is 0.728. The summed E-state index contributed by atoms with van der Waals surface area (Å²) in [7, 11) is 0. The van der Waals surface area contributed by atoms with E-state index in [0.717, 1.165) is 18.1 Å². The molecular formula is C20H19ClF3N5. The van der Waals surface area contributed by atoms with E-state index in [-0.39, 0.29) is 16.8 Å². The number of rotatable bonds is 6. The average molecular weight is 422 g/mol. The van der Waals surface area contributed by atoms with Crippen molar-refractivity contribution in [1.29, 1.82) is 0 Å². The van der Waals surface area contributed by atoms with Crippen LogP contribution in [-0.4, -0.2) is 21.0 Å². The SMILES string of the molecule is CC[C@@H](C)Nc1nc(Nc2ccc(Cl)c(C(F)(F)F)c2)cc(-c2ccncc2)n1. The summed E-state index contributed by atoms with van der Waals surface area (Å²) in [6, 6.07) is 9.01. The molecule has 0 aliphatic rings. The topological polar surface area (TPSA) is 62.7 Å². The molecule has 0 spiro atoms. The Hall–Kier alpha value is -2.87. The Labute approximate surface area is 171 Å². The molecule has 152 valence electrons. The van der Waals surface area contributed by atoms with Crippen molar-refractivity contribution in [3.8, 4) is 11.3 Å². The summed E-state index contributed by atoms with van der Waals surface area (Å²) in [6.07, 6.45) is -0.411. The van der Waals surface area contributed by atoms with E-state index in [2.05, 4.69) is 25.6 Å². The molecule has 3 rings (SSSR count). The summed E-state index contributed by atoms with van der Waals surface area (Å²) in [6.45, 7) is 4.01. The number of hydrogen-bond acceptors (Lipinski definition) is 5. The maximum absolute atomic E-state index is 13.1. The third-order valence-corrected chi connectivity index (χ3v) is 4.56. The van der Waals surface area contributed by atoms with Crippen LogP contribution in [0, 0.1) is 0 Å². The van der Waals surface area contributed by atoms with Gasteiger partial charge in [0.2, 0.25) is 5.95 Å². The van der Waals surface area contributed by atoms with Crippen LogP contribution in [0.4, 0.5) is 30.6 Å². The molecule has 0 aliphatic heterocycles. The van der Waals surface area contributed by atoms with E-state index >= 15 is 0 Å². The Morgan fingerprint density at radius 3 is 2.45 bits per heavy atom. The molecule has 2 heterocycles. The van der Waals surface area contributed by atoms with Crippen LogP contribution in [0.2, 0.25) is 5.02 Å². The van der Waals surface area contributed by atoms with E-state index in [1.807, 2.05) is 13.8 Å². The summed E-state index contributed by atoms with van der Waals surface area (Å²) in [4.78, 5) is 12.9. The second-order valence-corrected chi connectivity index (χ2v) is 6.88. The number of nitrogens with one attached hydrogen (secondary N) is 2. The molecular weight excluding hydrogens is 403 g/mol. The van der Waals surface area contributed by atoms with E-state index < -0.39 is 11.7 Å². The van der Waals surface area contributed by atoms with Gasteiger partial charge in [0.1, 0.15) is 5.82 Å². The van der Waals surface area contributed by atoms with Gasteiger partial charge in [-0.3, -0.25) is 4.98 Å². The van der Waals surface area contributed by atoms with Crippen LogP contribution in [0.5, 0.6) is 0 Å². The molecule has 1 aromatic carbocycles. The Morgan fingerprint density at radius 2 is 1.79 bits per heavy atom. The lowest BCUT2D eigenvalue weighted by Crippen LogP contribution is -2.16. The summed E-state index contributed by atoms with van der Waals surface area (Å²) < 4.78 is 39.4. The van der Waals surface area contributed by atoms with Gasteiger partial charge in [-0.05, 0) is 43.7 Å². The predicted molar refractivity (Wildman–Crippen MR) is 108 cm³/mol. The fraction of sp³-hybridized carbons (Fsp3) is 0.250. The van der Waals surface area contributed by atoms with Crippen molar-refractivity contribution in [3.63, 3.8) is 0 Å². The fourth-order valence-electron chi connectivity index (χ4n) is 2.54. The molecule has 0 unspecified atom stereocenters. The molecule has 0 amide bonds. The Kier molecular flexibility index (Phi) is 6.22. The fourth-order valence-corrected chi connectivity index (χ4v) is 2.76. The Balaban J connectivity index is 1.99. The number of anilines is 3. The molecule has 0 fully saturated rings. The van der Waals surface area contributed by atoms with Gasteiger partial charge < -0.3 is 10.6 Å². The largest absolute Gasteiger partial charge is 0.417 e. The molecule has 0 saturated heterocycles. The molecule has 29 heavy (non-hydrogen) atoms. The van der Waals surface area contributed by atoms with Crippen molar-refractivity contribution in [2.45, 2.75) is 32.5 Å². The zero-order valence-corrected chi connectivity index (χ0v) is 16.5. The minimum atomic E-state index is -4.55. The predicted octanol–water partition coefficient (Wildman–Crippen LogP) is 6.16. The zero-order chi connectivity index (χ0) is 21.0. The Bertz CT molecular complexity index is 980. The highest BCUT2D eigenvalue weighted by Gasteiger charge is 2.33. The van der Waals surface area contributed by atoms with Gasteiger partial charge in [0.25, 0.3) is 0 Å². The van der Waals surface area contributed by atoms with Crippen LogP contribution >= 0.6 is 11.6 Å². The number of hydrogen-bond donors (Lipinski definition) is 2. The lowest BCUT2D eigenvalue weighted by atomic mass is 10.1. The van der Waals surface area contributed by atoms with Crippen LogP contribution < -0.4 is 10.6 Å². The lowest BCUT2D eigenvalue weighted by molar-refractivity contribution is -0.137. The Morgan fingerprint density at radius 1 is 1.07 bits per heavy atom. The van der Waals surface area contributed by atoms with Gasteiger partial charge in [-0.25, -0.2) is 4.98 Å². The maximum atomic E-state index is 13.1. The van der Waals surface area contributed by atoms with Crippen molar-refractivity contribution < 1.29 is 13.2 Å². The summed E-state index contributed by atoms with van der Waals surface area (Å²) in [5.74, 6) is 0.731. The molecule has 2 aromatic heterocycles. The van der Waals surface area contributed by atoms with Crippen LogP contribution in [0.15, 0.2) is 48.8 Å². The zero-order valence-electron chi connectivity index (χ0n) is 15.8.